The maximum Gasteiger partial charge on any atom is 0.0934 e. The Balaban J connectivity index is 2.85. The molecule has 0 N–H and O–H groups in total. The fourth-order valence-electron chi connectivity index (χ4n) is 0.597. The van der Waals surface area contributed by atoms with Crippen molar-refractivity contribution in [1.29, 1.82) is 0 Å². The van der Waals surface area contributed by atoms with E-state index in [-0.39, 0.29) is 0 Å². The Bertz CT molecular complexity index is 168. The first-order valence-electron chi connectivity index (χ1n) is 2.74. The molecule has 1 rings (SSSR count). The SMILES string of the molecule is CCc1snnc1CCl. The standard InChI is InChI=1S/C5H7ClN2S/c1-2-5-4(3-6)7-8-9-5/h2-3H2,1H3. The van der Waals surface area contributed by atoms with Gasteiger partial charge >= 0.3 is 0 Å². The highest BCUT2D eigenvalue weighted by Crippen LogP contribution is 2.12. The molecule has 1 aromatic heterocycles. The van der Waals surface area contributed by atoms with E-state index in [0.29, 0.717) is 5.88 Å². The number of rotatable bonds is 2. The second-order valence-corrected chi connectivity index (χ2v) is 2.74. The minimum atomic E-state index is 0.486. The smallest absolute Gasteiger partial charge is 0.0934 e. The molecule has 0 saturated heterocycles. The fraction of sp³-hybridized carbons (Fsp3) is 0.600. The maximum absolute atomic E-state index is 5.56. The van der Waals surface area contributed by atoms with E-state index in [9.17, 15) is 0 Å². The molecular formula is C5H7ClN2S. The normalized spacial score (nSPS) is 10.0. The number of hydrogen-bond acceptors (Lipinski definition) is 3. The van der Waals surface area contributed by atoms with Crippen molar-refractivity contribution in [2.75, 3.05) is 0 Å². The molecule has 1 heterocycles. The van der Waals surface area contributed by atoms with Crippen LogP contribution in [-0.4, -0.2) is 9.59 Å². The van der Waals surface area contributed by atoms with Gasteiger partial charge in [-0.2, -0.15) is 0 Å². The van der Waals surface area contributed by atoms with E-state index in [2.05, 4.69) is 16.5 Å². The largest absolute Gasteiger partial charge is 0.142 e. The van der Waals surface area contributed by atoms with Crippen LogP contribution in [-0.2, 0) is 12.3 Å². The molecule has 1 aromatic rings. The van der Waals surface area contributed by atoms with E-state index in [1.807, 2.05) is 0 Å². The topological polar surface area (TPSA) is 25.8 Å². The van der Waals surface area contributed by atoms with E-state index < -0.39 is 0 Å². The summed E-state index contributed by atoms with van der Waals surface area (Å²) in [6.07, 6.45) is 0.986. The first-order valence-corrected chi connectivity index (χ1v) is 4.05. The Morgan fingerprint density at radius 2 is 2.44 bits per heavy atom. The summed E-state index contributed by atoms with van der Waals surface area (Å²) in [6.45, 7) is 2.07. The van der Waals surface area contributed by atoms with Crippen molar-refractivity contribution in [3.05, 3.63) is 10.6 Å². The Hall–Kier alpha value is -0.150. The highest BCUT2D eigenvalue weighted by atomic mass is 35.5. The van der Waals surface area contributed by atoms with Gasteiger partial charge in [-0.3, -0.25) is 0 Å². The number of aryl methyl sites for hydroxylation is 1. The summed E-state index contributed by atoms with van der Waals surface area (Å²) in [5, 5.41) is 3.84. The number of nitrogens with zero attached hydrogens (tertiary/aromatic N) is 2. The Kier molecular flexibility index (Phi) is 2.42. The summed E-state index contributed by atoms with van der Waals surface area (Å²) >= 11 is 6.98. The summed E-state index contributed by atoms with van der Waals surface area (Å²) in [6, 6.07) is 0. The van der Waals surface area contributed by atoms with Gasteiger partial charge < -0.3 is 0 Å². The third kappa shape index (κ3) is 1.40. The molecule has 0 bridgehead atoms. The fourth-order valence-corrected chi connectivity index (χ4v) is 1.48. The van der Waals surface area contributed by atoms with E-state index in [1.54, 1.807) is 0 Å². The predicted molar refractivity (Wildman–Crippen MR) is 38.8 cm³/mol. The Labute approximate surface area is 63.0 Å². The molecule has 0 unspecified atom stereocenters. The first kappa shape index (κ1) is 6.96. The lowest BCUT2D eigenvalue weighted by Crippen LogP contribution is -1.83. The third-order valence-electron chi connectivity index (χ3n) is 1.08. The van der Waals surface area contributed by atoms with Crippen LogP contribution < -0.4 is 0 Å². The van der Waals surface area contributed by atoms with Crippen molar-refractivity contribution in [2.45, 2.75) is 19.2 Å². The van der Waals surface area contributed by atoms with Gasteiger partial charge in [0.05, 0.1) is 11.6 Å². The van der Waals surface area contributed by atoms with E-state index in [4.69, 9.17) is 11.6 Å². The zero-order valence-corrected chi connectivity index (χ0v) is 6.67. The van der Waals surface area contributed by atoms with Gasteiger partial charge in [-0.1, -0.05) is 11.4 Å². The van der Waals surface area contributed by atoms with Gasteiger partial charge in [0.15, 0.2) is 0 Å². The zero-order chi connectivity index (χ0) is 6.69. The number of halogens is 1. The van der Waals surface area contributed by atoms with Gasteiger partial charge in [-0.05, 0) is 18.0 Å². The predicted octanol–water partition coefficient (Wildman–Crippen LogP) is 1.84. The van der Waals surface area contributed by atoms with Gasteiger partial charge in [-0.15, -0.1) is 16.7 Å². The summed E-state index contributed by atoms with van der Waals surface area (Å²) < 4.78 is 3.77. The van der Waals surface area contributed by atoms with E-state index >= 15 is 0 Å². The monoisotopic (exact) mass is 162 g/mol. The van der Waals surface area contributed by atoms with Crippen LogP contribution in [0.15, 0.2) is 0 Å². The molecule has 0 atom stereocenters. The molecule has 0 spiro atoms. The number of aromatic nitrogens is 2. The van der Waals surface area contributed by atoms with Crippen molar-refractivity contribution in [1.82, 2.24) is 9.59 Å². The average Bonchev–Trinajstić information content (AvgIpc) is 2.33. The van der Waals surface area contributed by atoms with E-state index in [1.165, 1.54) is 16.4 Å². The molecule has 0 aliphatic rings. The number of hydrogen-bond donors (Lipinski definition) is 0. The van der Waals surface area contributed by atoms with Crippen LogP contribution in [0.5, 0.6) is 0 Å². The van der Waals surface area contributed by atoms with Crippen molar-refractivity contribution >= 4 is 23.1 Å². The van der Waals surface area contributed by atoms with Crippen molar-refractivity contribution in [3.63, 3.8) is 0 Å². The second-order valence-electron chi connectivity index (χ2n) is 1.63. The molecule has 0 saturated carbocycles. The van der Waals surface area contributed by atoms with Gasteiger partial charge in [0.1, 0.15) is 0 Å². The third-order valence-corrected chi connectivity index (χ3v) is 2.24. The van der Waals surface area contributed by atoms with Crippen LogP contribution in [0.1, 0.15) is 17.5 Å². The van der Waals surface area contributed by atoms with Crippen LogP contribution in [0.3, 0.4) is 0 Å². The van der Waals surface area contributed by atoms with Crippen LogP contribution in [0, 0.1) is 0 Å². The minimum Gasteiger partial charge on any atom is -0.142 e. The van der Waals surface area contributed by atoms with Crippen molar-refractivity contribution in [3.8, 4) is 0 Å². The zero-order valence-electron chi connectivity index (χ0n) is 5.09. The lowest BCUT2D eigenvalue weighted by molar-refractivity contribution is 1.03. The molecule has 0 radical (unpaired) electrons. The van der Waals surface area contributed by atoms with Crippen molar-refractivity contribution in [2.24, 2.45) is 0 Å². The van der Waals surface area contributed by atoms with Crippen molar-refractivity contribution < 1.29 is 0 Å². The summed E-state index contributed by atoms with van der Waals surface area (Å²) in [4.78, 5) is 1.20. The van der Waals surface area contributed by atoms with Gasteiger partial charge in [0.2, 0.25) is 0 Å². The maximum atomic E-state index is 5.56. The second kappa shape index (κ2) is 3.13. The summed E-state index contributed by atoms with van der Waals surface area (Å²) in [5.41, 5.74) is 0.934. The Morgan fingerprint density at radius 3 is 2.89 bits per heavy atom. The number of alkyl halides is 1. The molecule has 0 fully saturated rings. The molecule has 0 amide bonds. The van der Waals surface area contributed by atoms with Gasteiger partial charge in [0.25, 0.3) is 0 Å². The minimum absolute atomic E-state index is 0.486. The molecule has 50 valence electrons. The molecule has 0 aromatic carbocycles. The van der Waals surface area contributed by atoms with Crippen LogP contribution in [0.4, 0.5) is 0 Å². The van der Waals surface area contributed by atoms with Gasteiger partial charge in [0, 0.05) is 4.88 Å². The highest BCUT2D eigenvalue weighted by molar-refractivity contribution is 7.05. The molecule has 4 heteroatoms. The quantitative estimate of drug-likeness (QED) is 0.621. The van der Waals surface area contributed by atoms with Gasteiger partial charge in [-0.25, -0.2) is 0 Å². The van der Waals surface area contributed by atoms with E-state index in [0.717, 1.165) is 12.1 Å². The summed E-state index contributed by atoms with van der Waals surface area (Å²) in [5.74, 6) is 0.486. The highest BCUT2D eigenvalue weighted by Gasteiger charge is 2.01. The molecule has 2 nitrogen and oxygen atoms in total. The molecule has 0 aliphatic carbocycles. The van der Waals surface area contributed by atoms with Crippen LogP contribution in [0.2, 0.25) is 0 Å². The lowest BCUT2D eigenvalue weighted by atomic mass is 10.3. The Morgan fingerprint density at radius 1 is 1.67 bits per heavy atom. The lowest BCUT2D eigenvalue weighted by Gasteiger charge is -1.87. The molecular weight excluding hydrogens is 156 g/mol. The molecule has 0 aliphatic heterocycles. The average molecular weight is 163 g/mol. The molecule has 9 heavy (non-hydrogen) atoms. The first-order chi connectivity index (χ1) is 4.38. The summed E-state index contributed by atoms with van der Waals surface area (Å²) in [7, 11) is 0. The van der Waals surface area contributed by atoms with Crippen LogP contribution in [0.25, 0.3) is 0 Å². The van der Waals surface area contributed by atoms with Crippen LogP contribution >= 0.6 is 23.1 Å².